The van der Waals surface area contributed by atoms with Gasteiger partial charge in [0, 0.05) is 41.5 Å². The molecule has 1 aliphatic carbocycles. The van der Waals surface area contributed by atoms with Crippen molar-refractivity contribution in [2.24, 2.45) is 5.92 Å². The summed E-state index contributed by atoms with van der Waals surface area (Å²) in [4.78, 5) is 26.5. The van der Waals surface area contributed by atoms with Crippen molar-refractivity contribution in [2.75, 3.05) is 37.0 Å². The first-order chi connectivity index (χ1) is 16.2. The Morgan fingerprint density at radius 1 is 1.24 bits per heavy atom. The van der Waals surface area contributed by atoms with E-state index in [1.807, 2.05) is 23.9 Å². The summed E-state index contributed by atoms with van der Waals surface area (Å²) in [6.45, 7) is 1.75. The van der Waals surface area contributed by atoms with Gasteiger partial charge in [0.15, 0.2) is 0 Å². The van der Waals surface area contributed by atoms with Gasteiger partial charge in [-0.05, 0) is 42.4 Å². The number of aromatic nitrogens is 4. The Labute approximate surface area is 202 Å². The lowest BCUT2D eigenvalue weighted by molar-refractivity contribution is -0.135. The van der Waals surface area contributed by atoms with Crippen LogP contribution in [-0.4, -0.2) is 62.1 Å². The molecule has 1 amide bonds. The van der Waals surface area contributed by atoms with Gasteiger partial charge in [0.25, 0.3) is 0 Å². The maximum Gasteiger partial charge on any atom is 0.226 e. The predicted molar refractivity (Wildman–Crippen MR) is 134 cm³/mol. The number of amides is 1. The van der Waals surface area contributed by atoms with Gasteiger partial charge in [0.1, 0.15) is 28.2 Å². The standard InChI is InChI=1S/C22H22N6O2S3/c1-30-16-9-15-18(33-27-26-15)10-14(16)25-20-19-13-3-2-12(22(29)28-4-6-31-7-5-28)8-17(13)32-21(19)24-11-23-20/h9-12H,2-8H2,1H3,(H,23,24,25)/t12-/m0/s1. The number of rotatable bonds is 4. The molecular formula is C22H22N6O2S3. The van der Waals surface area contributed by atoms with E-state index in [2.05, 4.69) is 29.8 Å². The Hall–Kier alpha value is -2.50. The van der Waals surface area contributed by atoms with E-state index in [1.54, 1.807) is 24.8 Å². The van der Waals surface area contributed by atoms with Gasteiger partial charge in [-0.15, -0.1) is 16.4 Å². The molecule has 8 nitrogen and oxygen atoms in total. The Balaban J connectivity index is 1.32. The molecule has 170 valence electrons. The molecule has 1 saturated heterocycles. The average molecular weight is 499 g/mol. The smallest absolute Gasteiger partial charge is 0.226 e. The Bertz CT molecular complexity index is 1350. The molecule has 3 aromatic heterocycles. The van der Waals surface area contributed by atoms with Gasteiger partial charge in [0.05, 0.1) is 22.9 Å². The lowest BCUT2D eigenvalue weighted by Crippen LogP contribution is -2.42. The quantitative estimate of drug-likeness (QED) is 0.449. The predicted octanol–water partition coefficient (Wildman–Crippen LogP) is 4.13. The second kappa shape index (κ2) is 8.69. The van der Waals surface area contributed by atoms with E-state index < -0.39 is 0 Å². The lowest BCUT2D eigenvalue weighted by Gasteiger charge is -2.31. The van der Waals surface area contributed by atoms with Crippen LogP contribution in [0.1, 0.15) is 16.9 Å². The van der Waals surface area contributed by atoms with Crippen LogP contribution in [0, 0.1) is 5.92 Å². The van der Waals surface area contributed by atoms with Crippen LogP contribution < -0.4 is 10.1 Å². The second-order valence-corrected chi connectivity index (χ2v) is 11.3. The molecule has 0 radical (unpaired) electrons. The third-order valence-electron chi connectivity index (χ3n) is 6.34. The molecule has 0 unspecified atom stereocenters. The second-order valence-electron chi connectivity index (χ2n) is 8.20. The topological polar surface area (TPSA) is 93.1 Å². The Morgan fingerprint density at radius 2 is 2.12 bits per heavy atom. The Kier molecular flexibility index (Phi) is 5.55. The summed E-state index contributed by atoms with van der Waals surface area (Å²) < 4.78 is 10.6. The molecular weight excluding hydrogens is 476 g/mol. The van der Waals surface area contributed by atoms with Crippen LogP contribution >= 0.6 is 34.6 Å². The third kappa shape index (κ3) is 3.81. The van der Waals surface area contributed by atoms with Crippen molar-refractivity contribution in [1.29, 1.82) is 0 Å². The van der Waals surface area contributed by atoms with E-state index in [1.165, 1.54) is 22.0 Å². The van der Waals surface area contributed by atoms with Crippen LogP contribution in [0.2, 0.25) is 0 Å². The summed E-state index contributed by atoms with van der Waals surface area (Å²) in [7, 11) is 1.65. The highest BCUT2D eigenvalue weighted by Gasteiger charge is 2.32. The molecule has 1 N–H and O–H groups in total. The van der Waals surface area contributed by atoms with Crippen molar-refractivity contribution in [3.05, 3.63) is 28.9 Å². The number of hydrogen-bond acceptors (Lipinski definition) is 10. The number of ether oxygens (including phenoxy) is 1. The number of aryl methyl sites for hydroxylation is 1. The minimum Gasteiger partial charge on any atom is -0.494 e. The zero-order valence-electron chi connectivity index (χ0n) is 18.0. The van der Waals surface area contributed by atoms with Crippen LogP contribution in [0.5, 0.6) is 5.75 Å². The van der Waals surface area contributed by atoms with Gasteiger partial charge in [-0.3, -0.25) is 4.79 Å². The van der Waals surface area contributed by atoms with Crippen LogP contribution in [0.25, 0.3) is 20.4 Å². The largest absolute Gasteiger partial charge is 0.494 e. The van der Waals surface area contributed by atoms with E-state index in [4.69, 9.17) is 4.74 Å². The van der Waals surface area contributed by atoms with Crippen molar-refractivity contribution < 1.29 is 9.53 Å². The van der Waals surface area contributed by atoms with Crippen molar-refractivity contribution in [3.63, 3.8) is 0 Å². The van der Waals surface area contributed by atoms with E-state index in [-0.39, 0.29) is 5.92 Å². The summed E-state index contributed by atoms with van der Waals surface area (Å²) in [5.74, 6) is 3.94. The van der Waals surface area contributed by atoms with E-state index in [0.29, 0.717) is 11.7 Å². The van der Waals surface area contributed by atoms with Gasteiger partial charge in [-0.1, -0.05) is 4.49 Å². The summed E-state index contributed by atoms with van der Waals surface area (Å²) in [6, 6.07) is 3.88. The maximum absolute atomic E-state index is 13.1. The first kappa shape index (κ1) is 21.1. The van der Waals surface area contributed by atoms with Gasteiger partial charge in [-0.25, -0.2) is 9.97 Å². The third-order valence-corrected chi connectivity index (χ3v) is 9.13. The van der Waals surface area contributed by atoms with Gasteiger partial charge in [-0.2, -0.15) is 11.8 Å². The number of nitrogens with zero attached hydrogens (tertiary/aromatic N) is 5. The molecule has 4 heterocycles. The van der Waals surface area contributed by atoms with Gasteiger partial charge in [0.2, 0.25) is 5.91 Å². The number of anilines is 2. The van der Waals surface area contributed by atoms with Crippen molar-refractivity contribution in [1.82, 2.24) is 24.5 Å². The van der Waals surface area contributed by atoms with Crippen molar-refractivity contribution in [2.45, 2.75) is 19.3 Å². The highest BCUT2D eigenvalue weighted by atomic mass is 32.2. The van der Waals surface area contributed by atoms with E-state index in [0.717, 1.165) is 75.8 Å². The average Bonchev–Trinajstić information content (AvgIpc) is 3.47. The fourth-order valence-corrected chi connectivity index (χ4v) is 7.41. The zero-order valence-corrected chi connectivity index (χ0v) is 20.5. The van der Waals surface area contributed by atoms with E-state index in [9.17, 15) is 4.79 Å². The number of benzene rings is 1. The highest BCUT2D eigenvalue weighted by Crippen LogP contribution is 2.42. The molecule has 1 aromatic carbocycles. The monoisotopic (exact) mass is 498 g/mol. The van der Waals surface area contributed by atoms with Crippen molar-refractivity contribution in [3.8, 4) is 5.75 Å². The van der Waals surface area contributed by atoms with Crippen molar-refractivity contribution >= 4 is 72.5 Å². The van der Waals surface area contributed by atoms with E-state index >= 15 is 0 Å². The first-order valence-electron chi connectivity index (χ1n) is 10.9. The number of carbonyl (C=O) groups excluding carboxylic acids is 1. The molecule has 1 atom stereocenters. The number of thiophene rings is 1. The Morgan fingerprint density at radius 3 is 2.97 bits per heavy atom. The minimum absolute atomic E-state index is 0.0689. The highest BCUT2D eigenvalue weighted by molar-refractivity contribution is 7.99. The maximum atomic E-state index is 13.1. The minimum atomic E-state index is 0.0689. The number of thioether (sulfide) groups is 1. The molecule has 0 bridgehead atoms. The van der Waals surface area contributed by atoms with Gasteiger partial charge < -0.3 is 15.0 Å². The molecule has 2 aliphatic rings. The summed E-state index contributed by atoms with van der Waals surface area (Å²) in [5.41, 5.74) is 2.91. The molecule has 4 aromatic rings. The molecule has 1 aliphatic heterocycles. The molecule has 6 rings (SSSR count). The molecule has 0 saturated carbocycles. The van der Waals surface area contributed by atoms with Crippen LogP contribution in [0.3, 0.4) is 0 Å². The van der Waals surface area contributed by atoms with Crippen LogP contribution in [0.4, 0.5) is 11.5 Å². The number of hydrogen-bond donors (Lipinski definition) is 1. The SMILES string of the molecule is COc1cc2nnsc2cc1Nc1ncnc2sc3c(c12)CC[C@H](C(=O)N1CCSCC1)C3. The lowest BCUT2D eigenvalue weighted by atomic mass is 9.87. The zero-order chi connectivity index (χ0) is 22.4. The number of nitrogens with one attached hydrogen (secondary N) is 1. The van der Waals surface area contributed by atoms with Crippen LogP contribution in [0.15, 0.2) is 18.5 Å². The summed E-state index contributed by atoms with van der Waals surface area (Å²) in [5, 5.41) is 8.67. The normalized spacial score (nSPS) is 18.5. The first-order valence-corrected chi connectivity index (χ1v) is 13.6. The van der Waals surface area contributed by atoms with Crippen LogP contribution in [-0.2, 0) is 17.6 Å². The fraction of sp³-hybridized carbons (Fsp3) is 0.409. The summed E-state index contributed by atoms with van der Waals surface area (Å²) >= 11 is 4.97. The molecule has 11 heteroatoms. The summed E-state index contributed by atoms with van der Waals surface area (Å²) in [6.07, 6.45) is 4.13. The molecule has 33 heavy (non-hydrogen) atoms. The fourth-order valence-electron chi connectivity index (χ4n) is 4.66. The number of fused-ring (bicyclic) bond motifs is 4. The van der Waals surface area contributed by atoms with Gasteiger partial charge >= 0.3 is 0 Å². The molecule has 0 spiro atoms. The molecule has 1 fully saturated rings. The number of methoxy groups -OCH3 is 1. The number of carbonyl (C=O) groups is 1.